The SMILES string of the molecule is [CH2-]c1[cH-]cc2c1CCCC2.[CH2-]c1[cH-]cc2c1CCCC2.[CH3-].[CH3-].[CH3-].[CH3-].[Ti+2]. The zero-order valence-corrected chi connectivity index (χ0v) is 18.4. The van der Waals surface area contributed by atoms with E-state index in [1.54, 1.807) is 11.1 Å². The molecule has 0 spiro atoms. The third kappa shape index (κ3) is 6.76. The van der Waals surface area contributed by atoms with E-state index in [1.165, 1.54) is 73.6 Å². The van der Waals surface area contributed by atoms with Gasteiger partial charge in [-0.1, -0.05) is 38.5 Å². The van der Waals surface area contributed by atoms with Gasteiger partial charge in [0.2, 0.25) is 0 Å². The van der Waals surface area contributed by atoms with E-state index in [-0.39, 0.29) is 51.4 Å². The van der Waals surface area contributed by atoms with Gasteiger partial charge in [-0.3, -0.25) is 23.3 Å². The minimum atomic E-state index is 0. The molecule has 2 aliphatic rings. The van der Waals surface area contributed by atoms with E-state index in [4.69, 9.17) is 0 Å². The molecule has 0 nitrogen and oxygen atoms in total. The Morgan fingerprint density at radius 3 is 1.24 bits per heavy atom. The first-order chi connectivity index (χ1) is 9.75. The molecule has 2 aliphatic carbocycles. The van der Waals surface area contributed by atoms with Crippen molar-refractivity contribution in [3.8, 4) is 0 Å². The summed E-state index contributed by atoms with van der Waals surface area (Å²) >= 11 is 0. The van der Waals surface area contributed by atoms with Gasteiger partial charge in [-0.2, -0.15) is 23.3 Å². The van der Waals surface area contributed by atoms with Crippen LogP contribution in [0, 0.1) is 43.6 Å². The van der Waals surface area contributed by atoms with Gasteiger partial charge >= 0.3 is 21.7 Å². The van der Waals surface area contributed by atoms with Crippen LogP contribution in [0.5, 0.6) is 0 Å². The van der Waals surface area contributed by atoms with Crippen LogP contribution >= 0.6 is 0 Å². The van der Waals surface area contributed by atoms with E-state index in [0.717, 1.165) is 0 Å². The smallest absolute Gasteiger partial charge is 0.358 e. The van der Waals surface area contributed by atoms with Crippen molar-refractivity contribution < 1.29 is 21.7 Å². The maximum absolute atomic E-state index is 3.99. The second kappa shape index (κ2) is 13.4. The van der Waals surface area contributed by atoms with Gasteiger partial charge in [0.05, 0.1) is 0 Å². The predicted octanol–water partition coefficient (Wildman–Crippen LogP) is 6.73. The molecule has 0 saturated heterocycles. The molecule has 4 rings (SSSR count). The summed E-state index contributed by atoms with van der Waals surface area (Å²) in [6, 6.07) is 8.76. The molecule has 2 aromatic carbocycles. The molecular weight excluding hydrogens is 336 g/mol. The largest absolute Gasteiger partial charge is 2.00 e. The maximum atomic E-state index is 3.99. The van der Waals surface area contributed by atoms with Crippen molar-refractivity contribution in [3.05, 3.63) is 101 Å². The fraction of sp³-hybridized carbons (Fsp3) is 0.333. The zero-order valence-electron chi connectivity index (χ0n) is 16.9. The van der Waals surface area contributed by atoms with Crippen LogP contribution in [-0.4, -0.2) is 0 Å². The van der Waals surface area contributed by atoms with Crippen LogP contribution in [0.15, 0.2) is 24.3 Å². The summed E-state index contributed by atoms with van der Waals surface area (Å²) in [7, 11) is 0. The van der Waals surface area contributed by atoms with Gasteiger partial charge in [0.1, 0.15) is 0 Å². The number of hydrogen-bond donors (Lipinski definition) is 0. The van der Waals surface area contributed by atoms with Gasteiger partial charge in [-0.25, -0.2) is 0 Å². The monoisotopic (exact) mass is 372 g/mol. The Morgan fingerprint density at radius 2 is 0.920 bits per heavy atom. The van der Waals surface area contributed by atoms with Gasteiger partial charge in [0.15, 0.2) is 0 Å². The summed E-state index contributed by atoms with van der Waals surface area (Å²) in [5, 5.41) is 0. The Balaban J connectivity index is -0.000000323. The number of aryl methyl sites for hydroxylation is 2. The quantitative estimate of drug-likeness (QED) is 0.355. The van der Waals surface area contributed by atoms with Gasteiger partial charge in [-0.15, -0.1) is 12.8 Å². The van der Waals surface area contributed by atoms with Crippen molar-refractivity contribution in [2.45, 2.75) is 51.4 Å². The molecule has 0 N–H and O–H groups in total. The van der Waals surface area contributed by atoms with E-state index in [1.807, 2.05) is 0 Å². The molecule has 0 radical (unpaired) electrons. The van der Waals surface area contributed by atoms with Crippen LogP contribution in [0.3, 0.4) is 0 Å². The predicted molar refractivity (Wildman–Crippen MR) is 112 cm³/mol. The van der Waals surface area contributed by atoms with Gasteiger partial charge in [0.25, 0.3) is 0 Å². The van der Waals surface area contributed by atoms with E-state index in [0.29, 0.717) is 0 Å². The van der Waals surface area contributed by atoms with Gasteiger partial charge in [-0.05, 0) is 0 Å². The Morgan fingerprint density at radius 1 is 0.600 bits per heavy atom. The summed E-state index contributed by atoms with van der Waals surface area (Å²) < 4.78 is 0. The third-order valence-electron chi connectivity index (χ3n) is 4.77. The first kappa shape index (κ1) is 28.9. The average Bonchev–Trinajstić information content (AvgIpc) is 3.05. The Kier molecular flexibility index (Phi) is 15.5. The molecule has 142 valence electrons. The van der Waals surface area contributed by atoms with Gasteiger partial charge in [0, 0.05) is 0 Å². The Labute approximate surface area is 174 Å². The first-order valence-electron chi connectivity index (χ1n) is 7.94. The molecule has 2 aromatic rings. The summed E-state index contributed by atoms with van der Waals surface area (Å²) in [5.74, 6) is 0. The van der Waals surface area contributed by atoms with Crippen LogP contribution in [0.2, 0.25) is 0 Å². The van der Waals surface area contributed by atoms with Crippen molar-refractivity contribution in [2.75, 3.05) is 0 Å². The fourth-order valence-corrected chi connectivity index (χ4v) is 3.56. The fourth-order valence-electron chi connectivity index (χ4n) is 3.56. The molecule has 0 aromatic heterocycles. The van der Waals surface area contributed by atoms with Crippen LogP contribution in [0.4, 0.5) is 0 Å². The number of fused-ring (bicyclic) bond motifs is 2. The number of hydrogen-bond acceptors (Lipinski definition) is 0. The molecule has 25 heavy (non-hydrogen) atoms. The molecule has 1 heteroatoms. The molecule has 0 amide bonds. The average molecular weight is 372 g/mol. The van der Waals surface area contributed by atoms with Crippen LogP contribution in [0.25, 0.3) is 0 Å². The Bertz CT molecular complexity index is 519. The molecule has 0 heterocycles. The minimum absolute atomic E-state index is 0. The summed E-state index contributed by atoms with van der Waals surface area (Å²) in [6.45, 7) is 7.99. The van der Waals surface area contributed by atoms with E-state index in [2.05, 4.69) is 38.1 Å². The van der Waals surface area contributed by atoms with E-state index in [9.17, 15) is 0 Å². The van der Waals surface area contributed by atoms with Crippen molar-refractivity contribution in [1.29, 1.82) is 0 Å². The standard InChI is InChI=1S/2C10H12.4CH3.Ti/c2*1-8-6-7-9-4-2-3-5-10(8)9;;;;;/h2*6-7H,1-5H2;4*1H3;/q2*-2;4*-1;+2. The normalized spacial score (nSPS) is 13.4. The van der Waals surface area contributed by atoms with Crippen molar-refractivity contribution in [2.24, 2.45) is 0 Å². The van der Waals surface area contributed by atoms with Crippen molar-refractivity contribution in [3.63, 3.8) is 0 Å². The third-order valence-corrected chi connectivity index (χ3v) is 4.77. The minimum Gasteiger partial charge on any atom is -0.358 e. The van der Waals surface area contributed by atoms with Crippen LogP contribution in [0.1, 0.15) is 59.1 Å². The topological polar surface area (TPSA) is 0 Å². The molecule has 0 aliphatic heterocycles. The van der Waals surface area contributed by atoms with E-state index >= 15 is 0 Å². The summed E-state index contributed by atoms with van der Waals surface area (Å²) in [6.07, 6.45) is 10.6. The van der Waals surface area contributed by atoms with Crippen LogP contribution < -0.4 is 0 Å². The zero-order chi connectivity index (χ0) is 13.9. The molecule has 0 fully saturated rings. The Hall–Kier alpha value is -0.846. The van der Waals surface area contributed by atoms with E-state index < -0.39 is 0 Å². The molecule has 0 saturated carbocycles. The van der Waals surface area contributed by atoms with Crippen molar-refractivity contribution >= 4 is 0 Å². The van der Waals surface area contributed by atoms with Crippen LogP contribution in [-0.2, 0) is 47.4 Å². The molecule has 0 bridgehead atoms. The van der Waals surface area contributed by atoms with Gasteiger partial charge < -0.3 is 54.7 Å². The summed E-state index contributed by atoms with van der Waals surface area (Å²) in [4.78, 5) is 0. The first-order valence-corrected chi connectivity index (χ1v) is 7.94. The number of rotatable bonds is 0. The second-order valence-electron chi connectivity index (χ2n) is 6.14. The maximum Gasteiger partial charge on any atom is 2.00 e. The van der Waals surface area contributed by atoms with Crippen molar-refractivity contribution in [1.82, 2.24) is 0 Å². The molecule has 0 unspecified atom stereocenters. The second-order valence-corrected chi connectivity index (χ2v) is 6.14. The molecular formula is C24H36Ti-6. The summed E-state index contributed by atoms with van der Waals surface area (Å²) in [5.41, 5.74) is 8.69. The molecule has 0 atom stereocenters.